The lowest BCUT2D eigenvalue weighted by atomic mass is 10.0. The molecule has 2 amide bonds. The van der Waals surface area contributed by atoms with Gasteiger partial charge in [-0.3, -0.25) is 9.59 Å². The first-order valence-corrected chi connectivity index (χ1v) is 11.3. The summed E-state index contributed by atoms with van der Waals surface area (Å²) >= 11 is 0. The van der Waals surface area contributed by atoms with E-state index in [9.17, 15) is 9.59 Å². The van der Waals surface area contributed by atoms with Crippen molar-refractivity contribution < 1.29 is 23.8 Å². The van der Waals surface area contributed by atoms with E-state index in [-0.39, 0.29) is 18.6 Å². The summed E-state index contributed by atoms with van der Waals surface area (Å²) in [6, 6.07) is 9.94. The number of nitrogens with one attached hydrogen (secondary N) is 2. The molecule has 1 unspecified atom stereocenters. The normalized spacial score (nSPS) is 13.1. The fraction of sp³-hybridized carbons (Fsp3) is 0.400. The van der Waals surface area contributed by atoms with Crippen LogP contribution in [0.25, 0.3) is 0 Å². The van der Waals surface area contributed by atoms with Gasteiger partial charge in [0, 0.05) is 36.0 Å². The van der Waals surface area contributed by atoms with Crippen molar-refractivity contribution in [1.82, 2.24) is 10.7 Å². The summed E-state index contributed by atoms with van der Waals surface area (Å²) in [6.07, 6.45) is 1.53. The summed E-state index contributed by atoms with van der Waals surface area (Å²) in [7, 11) is 1.59. The van der Waals surface area contributed by atoms with E-state index in [0.29, 0.717) is 22.8 Å². The lowest BCUT2D eigenvalue weighted by Gasteiger charge is -2.22. The number of anilines is 1. The van der Waals surface area contributed by atoms with Gasteiger partial charge in [-0.2, -0.15) is 5.10 Å². The predicted molar refractivity (Wildman–Crippen MR) is 131 cm³/mol. The Bertz CT molecular complexity index is 1050. The number of amides is 2. The zero-order valence-corrected chi connectivity index (χ0v) is 20.3. The van der Waals surface area contributed by atoms with Crippen LogP contribution in [0.5, 0.6) is 17.2 Å². The third-order valence-electron chi connectivity index (χ3n) is 5.59. The van der Waals surface area contributed by atoms with Crippen LogP contribution >= 0.6 is 0 Å². The quantitative estimate of drug-likeness (QED) is 0.410. The SMILES string of the molecule is CCN(CC)c1ccc(/C=N\NC(=O)C(NC(=O)c2ccc3c(c2)OCO3)C(C)C)c(OC)c1. The summed E-state index contributed by atoms with van der Waals surface area (Å²) in [5.41, 5.74) is 4.68. The Kier molecular flexibility index (Phi) is 8.34. The number of hydrazone groups is 1. The van der Waals surface area contributed by atoms with Crippen molar-refractivity contribution in [2.75, 3.05) is 31.9 Å². The van der Waals surface area contributed by atoms with Gasteiger partial charge in [-0.25, -0.2) is 5.43 Å². The number of hydrogen-bond donors (Lipinski definition) is 2. The van der Waals surface area contributed by atoms with Gasteiger partial charge in [0.2, 0.25) is 6.79 Å². The number of ether oxygens (including phenoxy) is 3. The molecule has 9 nitrogen and oxygen atoms in total. The monoisotopic (exact) mass is 468 g/mol. The molecule has 2 aromatic carbocycles. The molecule has 2 N–H and O–H groups in total. The standard InChI is InChI=1S/C25H32N4O5/c1-6-29(7-2)19-10-8-18(21(13-19)32-5)14-26-28-25(31)23(16(3)4)27-24(30)17-9-11-20-22(12-17)34-15-33-20/h8-14,16,23H,6-7,15H2,1-5H3,(H,27,30)(H,28,31)/b26-14-. The van der Waals surface area contributed by atoms with Gasteiger partial charge in [0.05, 0.1) is 13.3 Å². The van der Waals surface area contributed by atoms with E-state index in [0.717, 1.165) is 24.3 Å². The Labute approximate surface area is 200 Å². The predicted octanol–water partition coefficient (Wildman–Crippen LogP) is 3.17. The molecule has 9 heteroatoms. The van der Waals surface area contributed by atoms with E-state index in [1.807, 2.05) is 32.0 Å². The molecule has 1 atom stereocenters. The largest absolute Gasteiger partial charge is 0.496 e. The minimum absolute atomic E-state index is 0.123. The maximum absolute atomic E-state index is 12.8. The fourth-order valence-electron chi connectivity index (χ4n) is 3.62. The van der Waals surface area contributed by atoms with E-state index in [2.05, 4.69) is 34.6 Å². The Morgan fingerprint density at radius 3 is 2.53 bits per heavy atom. The lowest BCUT2D eigenvalue weighted by Crippen LogP contribution is -2.48. The molecule has 1 heterocycles. The van der Waals surface area contributed by atoms with Gasteiger partial charge in [0.1, 0.15) is 11.8 Å². The maximum Gasteiger partial charge on any atom is 0.262 e. The van der Waals surface area contributed by atoms with Crippen molar-refractivity contribution >= 4 is 23.7 Å². The molecular weight excluding hydrogens is 436 g/mol. The van der Waals surface area contributed by atoms with Crippen molar-refractivity contribution in [2.24, 2.45) is 11.0 Å². The van der Waals surface area contributed by atoms with Crippen LogP contribution in [0.1, 0.15) is 43.6 Å². The number of benzene rings is 2. The molecule has 34 heavy (non-hydrogen) atoms. The molecule has 0 aromatic heterocycles. The summed E-state index contributed by atoms with van der Waals surface area (Å²) in [4.78, 5) is 27.7. The Balaban J connectivity index is 1.66. The third-order valence-corrected chi connectivity index (χ3v) is 5.59. The number of rotatable bonds is 10. The van der Waals surface area contributed by atoms with Crippen LogP contribution in [-0.4, -0.2) is 51.1 Å². The molecule has 0 aliphatic carbocycles. The Morgan fingerprint density at radius 2 is 1.85 bits per heavy atom. The van der Waals surface area contributed by atoms with Gasteiger partial charge in [-0.05, 0) is 50.1 Å². The highest BCUT2D eigenvalue weighted by Crippen LogP contribution is 2.32. The van der Waals surface area contributed by atoms with Gasteiger partial charge in [-0.1, -0.05) is 13.8 Å². The average molecular weight is 469 g/mol. The highest BCUT2D eigenvalue weighted by Gasteiger charge is 2.25. The van der Waals surface area contributed by atoms with E-state index >= 15 is 0 Å². The minimum atomic E-state index is -0.776. The molecule has 182 valence electrons. The summed E-state index contributed by atoms with van der Waals surface area (Å²) in [5.74, 6) is 0.784. The van der Waals surface area contributed by atoms with Gasteiger partial charge < -0.3 is 24.4 Å². The van der Waals surface area contributed by atoms with Crippen molar-refractivity contribution in [3.05, 3.63) is 47.5 Å². The van der Waals surface area contributed by atoms with Gasteiger partial charge in [0.15, 0.2) is 11.5 Å². The van der Waals surface area contributed by atoms with Crippen LogP contribution < -0.4 is 29.9 Å². The fourth-order valence-corrected chi connectivity index (χ4v) is 3.62. The molecule has 0 saturated heterocycles. The van der Waals surface area contributed by atoms with Gasteiger partial charge in [0.25, 0.3) is 11.8 Å². The summed E-state index contributed by atoms with van der Waals surface area (Å²) < 4.78 is 16.1. The van der Waals surface area contributed by atoms with Crippen molar-refractivity contribution in [2.45, 2.75) is 33.7 Å². The topological polar surface area (TPSA) is 101 Å². The first-order chi connectivity index (χ1) is 16.4. The van der Waals surface area contributed by atoms with E-state index in [1.165, 1.54) is 6.21 Å². The molecule has 0 saturated carbocycles. The zero-order chi connectivity index (χ0) is 24.7. The van der Waals surface area contributed by atoms with E-state index < -0.39 is 11.9 Å². The number of carbonyl (C=O) groups is 2. The van der Waals surface area contributed by atoms with Crippen LogP contribution in [0.15, 0.2) is 41.5 Å². The number of hydrogen-bond acceptors (Lipinski definition) is 7. The van der Waals surface area contributed by atoms with Gasteiger partial charge in [-0.15, -0.1) is 0 Å². The van der Waals surface area contributed by atoms with E-state index in [4.69, 9.17) is 14.2 Å². The van der Waals surface area contributed by atoms with Crippen molar-refractivity contribution in [1.29, 1.82) is 0 Å². The Hall–Kier alpha value is -3.75. The minimum Gasteiger partial charge on any atom is -0.496 e. The van der Waals surface area contributed by atoms with Crippen LogP contribution in [-0.2, 0) is 4.79 Å². The first-order valence-electron chi connectivity index (χ1n) is 11.3. The third kappa shape index (κ3) is 5.78. The van der Waals surface area contributed by atoms with E-state index in [1.54, 1.807) is 25.3 Å². The molecule has 2 aromatic rings. The molecule has 0 radical (unpaired) electrons. The second-order valence-electron chi connectivity index (χ2n) is 8.10. The van der Waals surface area contributed by atoms with Crippen LogP contribution in [0, 0.1) is 5.92 Å². The number of fused-ring (bicyclic) bond motifs is 1. The van der Waals surface area contributed by atoms with Crippen LogP contribution in [0.4, 0.5) is 5.69 Å². The zero-order valence-electron chi connectivity index (χ0n) is 20.3. The number of carbonyl (C=O) groups excluding carboxylic acids is 2. The summed E-state index contributed by atoms with van der Waals surface area (Å²) in [6.45, 7) is 9.79. The second kappa shape index (κ2) is 11.4. The second-order valence-corrected chi connectivity index (χ2v) is 8.10. The first kappa shape index (κ1) is 24.9. The molecule has 0 spiro atoms. The average Bonchev–Trinajstić information content (AvgIpc) is 3.31. The smallest absolute Gasteiger partial charge is 0.262 e. The number of nitrogens with zero attached hydrogens (tertiary/aromatic N) is 2. The highest BCUT2D eigenvalue weighted by atomic mass is 16.7. The molecule has 1 aliphatic heterocycles. The van der Waals surface area contributed by atoms with Crippen LogP contribution in [0.2, 0.25) is 0 Å². The molecular formula is C25H32N4O5. The Morgan fingerprint density at radius 1 is 1.12 bits per heavy atom. The molecule has 1 aliphatic rings. The van der Waals surface area contributed by atoms with Gasteiger partial charge >= 0.3 is 0 Å². The number of methoxy groups -OCH3 is 1. The molecule has 0 bridgehead atoms. The summed E-state index contributed by atoms with van der Waals surface area (Å²) in [5, 5.41) is 6.87. The van der Waals surface area contributed by atoms with Crippen LogP contribution in [0.3, 0.4) is 0 Å². The molecule has 0 fully saturated rings. The highest BCUT2D eigenvalue weighted by molar-refractivity contribution is 5.98. The van der Waals surface area contributed by atoms with Crippen molar-refractivity contribution in [3.63, 3.8) is 0 Å². The lowest BCUT2D eigenvalue weighted by molar-refractivity contribution is -0.123. The maximum atomic E-state index is 12.8. The molecule has 3 rings (SSSR count). The van der Waals surface area contributed by atoms with Crippen molar-refractivity contribution in [3.8, 4) is 17.2 Å².